The molecule has 3 nitrogen and oxygen atoms in total. The molecular formula is C15H28O3. The number of carbonyl (C=O) groups is 1. The lowest BCUT2D eigenvalue weighted by atomic mass is 9.87. The molecule has 0 amide bonds. The molecular weight excluding hydrogens is 228 g/mol. The van der Waals surface area contributed by atoms with Crippen LogP contribution in [0.2, 0.25) is 0 Å². The summed E-state index contributed by atoms with van der Waals surface area (Å²) in [5.74, 6) is 0.138. The standard InChI is InChI=1S/C15H28O3/c1-5-7-9-12-14(11(3)4)15(16)18-13(17-12)10-8-6-2/h11-14H,5-10H2,1-4H3. The highest BCUT2D eigenvalue weighted by molar-refractivity contribution is 5.74. The molecule has 3 heteroatoms. The number of hydrogen-bond donors (Lipinski definition) is 0. The van der Waals surface area contributed by atoms with E-state index in [1.54, 1.807) is 0 Å². The Morgan fingerprint density at radius 2 is 1.72 bits per heavy atom. The third-order valence-electron chi connectivity index (χ3n) is 3.60. The number of esters is 1. The van der Waals surface area contributed by atoms with Crippen LogP contribution in [0.25, 0.3) is 0 Å². The average molecular weight is 256 g/mol. The predicted octanol–water partition coefficient (Wildman–Crippen LogP) is 3.91. The molecule has 1 fully saturated rings. The average Bonchev–Trinajstić information content (AvgIpc) is 2.32. The fourth-order valence-corrected chi connectivity index (χ4v) is 2.52. The summed E-state index contributed by atoms with van der Waals surface area (Å²) in [6.07, 6.45) is 5.94. The van der Waals surface area contributed by atoms with Crippen molar-refractivity contribution >= 4 is 5.97 Å². The quantitative estimate of drug-likeness (QED) is 0.648. The molecule has 0 saturated carbocycles. The minimum Gasteiger partial charge on any atom is -0.435 e. The Morgan fingerprint density at radius 1 is 1.11 bits per heavy atom. The van der Waals surface area contributed by atoms with Crippen LogP contribution in [0, 0.1) is 11.8 Å². The summed E-state index contributed by atoms with van der Waals surface area (Å²) in [5, 5.41) is 0. The molecule has 0 spiro atoms. The van der Waals surface area contributed by atoms with Crippen LogP contribution in [-0.2, 0) is 14.3 Å². The van der Waals surface area contributed by atoms with Crippen LogP contribution < -0.4 is 0 Å². The van der Waals surface area contributed by atoms with Gasteiger partial charge in [0.25, 0.3) is 0 Å². The smallest absolute Gasteiger partial charge is 0.314 e. The summed E-state index contributed by atoms with van der Waals surface area (Å²) < 4.78 is 11.4. The van der Waals surface area contributed by atoms with E-state index in [9.17, 15) is 4.79 Å². The van der Waals surface area contributed by atoms with Crippen molar-refractivity contribution in [3.63, 3.8) is 0 Å². The molecule has 1 saturated heterocycles. The van der Waals surface area contributed by atoms with Gasteiger partial charge in [0.15, 0.2) is 0 Å². The first-order valence-electron chi connectivity index (χ1n) is 7.46. The second kappa shape index (κ2) is 7.78. The van der Waals surface area contributed by atoms with E-state index in [1.165, 1.54) is 0 Å². The number of ether oxygens (including phenoxy) is 2. The first-order chi connectivity index (χ1) is 8.60. The van der Waals surface area contributed by atoms with Gasteiger partial charge in [-0.3, -0.25) is 4.79 Å². The molecule has 0 N–H and O–H groups in total. The van der Waals surface area contributed by atoms with E-state index in [0.29, 0.717) is 0 Å². The molecule has 1 rings (SSSR count). The molecule has 0 aromatic rings. The number of hydrogen-bond acceptors (Lipinski definition) is 3. The number of carbonyl (C=O) groups excluding carboxylic acids is 1. The number of cyclic esters (lactones) is 1. The molecule has 1 aliphatic rings. The largest absolute Gasteiger partial charge is 0.435 e. The second-order valence-corrected chi connectivity index (χ2v) is 5.60. The van der Waals surface area contributed by atoms with Crippen LogP contribution in [0.5, 0.6) is 0 Å². The van der Waals surface area contributed by atoms with Crippen LogP contribution in [0.1, 0.15) is 66.2 Å². The number of rotatable bonds is 7. The molecule has 1 aliphatic heterocycles. The van der Waals surface area contributed by atoms with Crippen molar-refractivity contribution in [2.45, 2.75) is 78.6 Å². The van der Waals surface area contributed by atoms with Gasteiger partial charge in [-0.25, -0.2) is 0 Å². The molecule has 0 radical (unpaired) electrons. The van der Waals surface area contributed by atoms with Gasteiger partial charge in [-0.05, 0) is 18.8 Å². The molecule has 3 atom stereocenters. The topological polar surface area (TPSA) is 35.5 Å². The van der Waals surface area contributed by atoms with Crippen molar-refractivity contribution in [2.75, 3.05) is 0 Å². The molecule has 0 aliphatic carbocycles. The SMILES string of the molecule is CCCCC1OC(=O)C(C(C)C)C(CCCC)O1. The predicted molar refractivity (Wildman–Crippen MR) is 72.1 cm³/mol. The molecule has 18 heavy (non-hydrogen) atoms. The Labute approximate surface area is 111 Å². The maximum Gasteiger partial charge on any atom is 0.314 e. The number of unbranched alkanes of at least 4 members (excludes halogenated alkanes) is 2. The zero-order valence-corrected chi connectivity index (χ0v) is 12.3. The summed E-state index contributed by atoms with van der Waals surface area (Å²) in [5.41, 5.74) is 0. The van der Waals surface area contributed by atoms with Crippen LogP contribution in [0.3, 0.4) is 0 Å². The van der Waals surface area contributed by atoms with E-state index in [-0.39, 0.29) is 30.2 Å². The van der Waals surface area contributed by atoms with Crippen LogP contribution in [-0.4, -0.2) is 18.4 Å². The third-order valence-corrected chi connectivity index (χ3v) is 3.60. The first kappa shape index (κ1) is 15.5. The van der Waals surface area contributed by atoms with Crippen molar-refractivity contribution in [3.8, 4) is 0 Å². The summed E-state index contributed by atoms with van der Waals surface area (Å²) in [7, 11) is 0. The maximum atomic E-state index is 12.1. The molecule has 0 bridgehead atoms. The van der Waals surface area contributed by atoms with Crippen LogP contribution in [0.15, 0.2) is 0 Å². The lowest BCUT2D eigenvalue weighted by Crippen LogP contribution is -2.45. The van der Waals surface area contributed by atoms with Crippen molar-refractivity contribution in [1.29, 1.82) is 0 Å². The van der Waals surface area contributed by atoms with Gasteiger partial charge in [0.1, 0.15) is 0 Å². The van der Waals surface area contributed by atoms with Crippen LogP contribution >= 0.6 is 0 Å². The van der Waals surface area contributed by atoms with Gasteiger partial charge in [-0.2, -0.15) is 0 Å². The second-order valence-electron chi connectivity index (χ2n) is 5.60. The molecule has 0 aromatic carbocycles. The van der Waals surface area contributed by atoms with Crippen molar-refractivity contribution in [2.24, 2.45) is 11.8 Å². The van der Waals surface area contributed by atoms with Crippen molar-refractivity contribution in [1.82, 2.24) is 0 Å². The van der Waals surface area contributed by atoms with Gasteiger partial charge < -0.3 is 9.47 Å². The zero-order chi connectivity index (χ0) is 13.5. The van der Waals surface area contributed by atoms with E-state index in [4.69, 9.17) is 9.47 Å². The first-order valence-corrected chi connectivity index (χ1v) is 7.46. The summed E-state index contributed by atoms with van der Waals surface area (Å²) in [4.78, 5) is 12.1. The molecule has 3 unspecified atom stereocenters. The summed E-state index contributed by atoms with van der Waals surface area (Å²) >= 11 is 0. The van der Waals surface area contributed by atoms with E-state index in [1.807, 2.05) is 0 Å². The zero-order valence-electron chi connectivity index (χ0n) is 12.3. The highest BCUT2D eigenvalue weighted by Crippen LogP contribution is 2.31. The Balaban J connectivity index is 2.62. The van der Waals surface area contributed by atoms with Gasteiger partial charge in [0.2, 0.25) is 6.29 Å². The Morgan fingerprint density at radius 3 is 2.28 bits per heavy atom. The molecule has 0 aromatic heterocycles. The van der Waals surface area contributed by atoms with Crippen molar-refractivity contribution < 1.29 is 14.3 Å². The minimum atomic E-state index is -0.311. The van der Waals surface area contributed by atoms with E-state index in [2.05, 4.69) is 27.7 Å². The fraction of sp³-hybridized carbons (Fsp3) is 0.933. The molecule has 1 heterocycles. The van der Waals surface area contributed by atoms with Crippen molar-refractivity contribution in [3.05, 3.63) is 0 Å². The monoisotopic (exact) mass is 256 g/mol. The summed E-state index contributed by atoms with van der Waals surface area (Å²) in [6, 6.07) is 0. The third kappa shape index (κ3) is 4.27. The molecule has 106 valence electrons. The fourth-order valence-electron chi connectivity index (χ4n) is 2.52. The van der Waals surface area contributed by atoms with Gasteiger partial charge in [-0.15, -0.1) is 0 Å². The normalized spacial score (nSPS) is 28.5. The van der Waals surface area contributed by atoms with Crippen LogP contribution in [0.4, 0.5) is 0 Å². The highest BCUT2D eigenvalue weighted by Gasteiger charge is 2.40. The lowest BCUT2D eigenvalue weighted by molar-refractivity contribution is -0.237. The van der Waals surface area contributed by atoms with Gasteiger partial charge in [0, 0.05) is 6.42 Å². The lowest BCUT2D eigenvalue weighted by Gasteiger charge is -2.37. The highest BCUT2D eigenvalue weighted by atomic mass is 16.7. The van der Waals surface area contributed by atoms with E-state index >= 15 is 0 Å². The van der Waals surface area contributed by atoms with E-state index in [0.717, 1.165) is 38.5 Å². The van der Waals surface area contributed by atoms with Gasteiger partial charge in [0.05, 0.1) is 12.0 Å². The van der Waals surface area contributed by atoms with E-state index < -0.39 is 0 Å². The Hall–Kier alpha value is -0.570. The van der Waals surface area contributed by atoms with Gasteiger partial charge >= 0.3 is 5.97 Å². The summed E-state index contributed by atoms with van der Waals surface area (Å²) in [6.45, 7) is 8.44. The Bertz CT molecular complexity index is 250. The minimum absolute atomic E-state index is 0.0491. The maximum absolute atomic E-state index is 12.1. The van der Waals surface area contributed by atoms with Gasteiger partial charge in [-0.1, -0.05) is 47.0 Å². The Kier molecular flexibility index (Phi) is 6.69.